The van der Waals surface area contributed by atoms with E-state index in [4.69, 9.17) is 25.2 Å². The zero-order valence-electron chi connectivity index (χ0n) is 23.0. The number of carboxylic acid groups (broad SMARTS) is 3. The maximum Gasteiger partial charge on any atom is 0.336 e. The lowest BCUT2D eigenvalue weighted by Crippen LogP contribution is -2.56. The van der Waals surface area contributed by atoms with Crippen LogP contribution in [0.25, 0.3) is 10.9 Å². The van der Waals surface area contributed by atoms with Gasteiger partial charge in [0.2, 0.25) is 0 Å². The second-order valence-electron chi connectivity index (χ2n) is 11.0. The van der Waals surface area contributed by atoms with Crippen LogP contribution in [0.1, 0.15) is 62.6 Å². The first-order chi connectivity index (χ1) is 18.4. The molecule has 2 aromatic rings. The molecule has 4 rings (SSSR count). The molecule has 1 aromatic carbocycles. The number of hydrogen-bond donors (Lipinski definition) is 6. The molecule has 0 saturated heterocycles. The molecule has 11 nitrogen and oxygen atoms in total. The summed E-state index contributed by atoms with van der Waals surface area (Å²) >= 11 is 0. The van der Waals surface area contributed by atoms with Gasteiger partial charge in [-0.05, 0) is 70.7 Å². The highest BCUT2D eigenvalue weighted by atomic mass is 16.5. The molecular formula is C28H41N3O8. The highest BCUT2D eigenvalue weighted by molar-refractivity contribution is 5.88. The maximum absolute atomic E-state index is 10.3. The number of methoxy groups -OCH3 is 1. The monoisotopic (exact) mass is 547 g/mol. The third-order valence-electron chi connectivity index (χ3n) is 8.39. The summed E-state index contributed by atoms with van der Waals surface area (Å²) in [5.41, 5.74) is 2.02. The van der Waals surface area contributed by atoms with Crippen molar-refractivity contribution in [1.29, 1.82) is 0 Å². The summed E-state index contributed by atoms with van der Waals surface area (Å²) < 4.78 is 5.31. The average molecular weight is 548 g/mol. The summed E-state index contributed by atoms with van der Waals surface area (Å²) in [5, 5.41) is 39.2. The molecule has 2 aliphatic rings. The van der Waals surface area contributed by atoms with Gasteiger partial charge in [-0.25, -0.2) is 4.79 Å². The Kier molecular flexibility index (Phi) is 9.76. The van der Waals surface area contributed by atoms with E-state index in [-0.39, 0.29) is 5.54 Å². The molecule has 1 aliphatic heterocycles. The van der Waals surface area contributed by atoms with Crippen LogP contribution in [0, 0.1) is 0 Å². The molecule has 0 amide bonds. The highest BCUT2D eigenvalue weighted by Gasteiger charge is 2.47. The summed E-state index contributed by atoms with van der Waals surface area (Å²) in [6.07, 6.45) is 6.11. The van der Waals surface area contributed by atoms with Gasteiger partial charge in [0.05, 0.1) is 18.4 Å². The number of rotatable bonds is 10. The van der Waals surface area contributed by atoms with Crippen molar-refractivity contribution < 1.29 is 39.5 Å². The second kappa shape index (κ2) is 12.5. The van der Waals surface area contributed by atoms with E-state index >= 15 is 0 Å². The van der Waals surface area contributed by atoms with E-state index in [2.05, 4.69) is 53.6 Å². The van der Waals surface area contributed by atoms with Crippen molar-refractivity contribution >= 4 is 28.8 Å². The van der Waals surface area contributed by atoms with Gasteiger partial charge in [-0.1, -0.05) is 18.2 Å². The van der Waals surface area contributed by atoms with E-state index in [1.165, 1.54) is 48.7 Å². The summed E-state index contributed by atoms with van der Waals surface area (Å²) in [5.74, 6) is -5.02. The molecule has 1 fully saturated rings. The minimum atomic E-state index is -2.74. The molecule has 1 saturated carbocycles. The Morgan fingerprint density at radius 3 is 2.18 bits per heavy atom. The molecule has 1 spiro atoms. The maximum atomic E-state index is 10.3. The minimum Gasteiger partial charge on any atom is -0.481 e. The van der Waals surface area contributed by atoms with E-state index in [0.717, 1.165) is 26.0 Å². The van der Waals surface area contributed by atoms with Gasteiger partial charge in [-0.15, -0.1) is 0 Å². The molecule has 39 heavy (non-hydrogen) atoms. The molecule has 0 atom stereocenters. The third kappa shape index (κ3) is 6.78. The van der Waals surface area contributed by atoms with Crippen molar-refractivity contribution in [1.82, 2.24) is 15.2 Å². The summed E-state index contributed by atoms with van der Waals surface area (Å²) in [6, 6.07) is 8.80. The predicted octanol–water partition coefficient (Wildman–Crippen LogP) is 2.56. The third-order valence-corrected chi connectivity index (χ3v) is 8.39. The smallest absolute Gasteiger partial charge is 0.336 e. The molecule has 216 valence electrons. The lowest BCUT2D eigenvalue weighted by Gasteiger charge is -2.51. The molecular weight excluding hydrogens is 506 g/mol. The Hall–Kier alpha value is -2.99. The SMILES string of the molecule is COCCCC1(N(C)C)CCC2(CC1)NCCc1c2[nH]c2ccccc12.O=C(O)CC(O)(CC(=O)O)C(=O)O. The number of ether oxygens (including phenoxy) is 1. The van der Waals surface area contributed by atoms with Gasteiger partial charge in [0, 0.05) is 42.4 Å². The fraction of sp³-hybridized carbons (Fsp3) is 0.607. The van der Waals surface area contributed by atoms with Crippen LogP contribution in [-0.2, 0) is 31.1 Å². The van der Waals surface area contributed by atoms with E-state index in [0.29, 0.717) is 5.54 Å². The van der Waals surface area contributed by atoms with Crippen LogP contribution in [0.2, 0.25) is 0 Å². The number of nitrogens with zero attached hydrogens (tertiary/aromatic N) is 1. The first kappa shape index (κ1) is 30.6. The van der Waals surface area contributed by atoms with Crippen molar-refractivity contribution in [3.8, 4) is 0 Å². The van der Waals surface area contributed by atoms with Crippen LogP contribution in [0.3, 0.4) is 0 Å². The Morgan fingerprint density at radius 1 is 1.03 bits per heavy atom. The normalized spacial score (nSPS) is 22.8. The topological polar surface area (TPSA) is 172 Å². The van der Waals surface area contributed by atoms with E-state index in [1.807, 2.05) is 7.11 Å². The van der Waals surface area contributed by atoms with Crippen LogP contribution in [0.4, 0.5) is 0 Å². The van der Waals surface area contributed by atoms with E-state index < -0.39 is 36.4 Å². The van der Waals surface area contributed by atoms with Gasteiger partial charge < -0.3 is 40.4 Å². The van der Waals surface area contributed by atoms with Crippen molar-refractivity contribution in [3.05, 3.63) is 35.5 Å². The Balaban J connectivity index is 0.000000276. The summed E-state index contributed by atoms with van der Waals surface area (Å²) in [7, 11) is 6.32. The average Bonchev–Trinajstić information content (AvgIpc) is 3.25. The van der Waals surface area contributed by atoms with Crippen LogP contribution in [-0.4, -0.2) is 93.7 Å². The highest BCUT2D eigenvalue weighted by Crippen LogP contribution is 2.48. The minimum absolute atomic E-state index is 0.132. The van der Waals surface area contributed by atoms with Gasteiger partial charge in [0.1, 0.15) is 0 Å². The first-order valence-corrected chi connectivity index (χ1v) is 13.3. The second-order valence-corrected chi connectivity index (χ2v) is 11.0. The molecule has 0 unspecified atom stereocenters. The quantitative estimate of drug-likeness (QED) is 0.243. The van der Waals surface area contributed by atoms with Crippen LogP contribution in [0.5, 0.6) is 0 Å². The number of para-hydroxylation sites is 1. The zero-order valence-corrected chi connectivity index (χ0v) is 23.0. The zero-order chi connectivity index (χ0) is 28.8. The Labute approximate surface area is 228 Å². The molecule has 2 heterocycles. The van der Waals surface area contributed by atoms with Gasteiger partial charge in [0.15, 0.2) is 5.60 Å². The number of aromatic amines is 1. The van der Waals surface area contributed by atoms with Crippen molar-refractivity contribution in [3.63, 3.8) is 0 Å². The lowest BCUT2D eigenvalue weighted by molar-refractivity contribution is -0.170. The van der Waals surface area contributed by atoms with E-state index in [1.54, 1.807) is 5.56 Å². The summed E-state index contributed by atoms with van der Waals surface area (Å²) in [6.45, 7) is 1.96. The number of carbonyl (C=O) groups is 3. The molecule has 6 N–H and O–H groups in total. The number of nitrogens with one attached hydrogen (secondary N) is 2. The van der Waals surface area contributed by atoms with Crippen molar-refractivity contribution in [2.75, 3.05) is 34.4 Å². The molecule has 0 bridgehead atoms. The molecule has 11 heteroatoms. The fourth-order valence-corrected chi connectivity index (χ4v) is 6.13. The Bertz CT molecular complexity index is 1150. The standard InChI is InChI=1S/C22H33N3O.C6H8O7/c1-25(2)21(10-6-16-26-3)11-13-22(14-12-21)20-18(9-15-23-22)17-7-4-5-8-19(17)24-20;7-3(8)1-6(13,5(11)12)2-4(9)10/h4-5,7-8,23-24H,6,9-16H2,1-3H3;13H,1-2H2,(H,7,8)(H,9,10)(H,11,12). The van der Waals surface area contributed by atoms with Gasteiger partial charge in [-0.3, -0.25) is 9.59 Å². The van der Waals surface area contributed by atoms with Gasteiger partial charge >= 0.3 is 17.9 Å². The molecule has 0 radical (unpaired) electrons. The fourth-order valence-electron chi connectivity index (χ4n) is 6.13. The molecule has 1 aliphatic carbocycles. The van der Waals surface area contributed by atoms with Crippen LogP contribution < -0.4 is 5.32 Å². The predicted molar refractivity (Wildman–Crippen MR) is 145 cm³/mol. The number of fused-ring (bicyclic) bond motifs is 4. The van der Waals surface area contributed by atoms with Crippen LogP contribution in [0.15, 0.2) is 24.3 Å². The van der Waals surface area contributed by atoms with Crippen molar-refractivity contribution in [2.24, 2.45) is 0 Å². The number of aromatic nitrogens is 1. The van der Waals surface area contributed by atoms with Gasteiger partial charge in [-0.2, -0.15) is 0 Å². The first-order valence-electron chi connectivity index (χ1n) is 13.3. The van der Waals surface area contributed by atoms with Crippen molar-refractivity contribution in [2.45, 2.75) is 74.5 Å². The van der Waals surface area contributed by atoms with Gasteiger partial charge in [0.25, 0.3) is 0 Å². The number of aliphatic hydroxyl groups is 1. The number of carboxylic acids is 3. The lowest BCUT2D eigenvalue weighted by atomic mass is 9.67. The summed E-state index contributed by atoms with van der Waals surface area (Å²) in [4.78, 5) is 36.8. The number of benzene rings is 1. The van der Waals surface area contributed by atoms with Crippen LogP contribution >= 0.6 is 0 Å². The number of aliphatic carboxylic acids is 3. The largest absolute Gasteiger partial charge is 0.481 e. The molecule has 1 aromatic heterocycles. The van der Waals surface area contributed by atoms with E-state index in [9.17, 15) is 14.4 Å². The number of H-pyrrole nitrogens is 1. The Morgan fingerprint density at radius 2 is 1.64 bits per heavy atom. The number of hydrogen-bond acceptors (Lipinski definition) is 7.